The van der Waals surface area contributed by atoms with Crippen molar-refractivity contribution in [1.82, 2.24) is 5.43 Å². The van der Waals surface area contributed by atoms with Gasteiger partial charge in [0, 0.05) is 12.5 Å². The van der Waals surface area contributed by atoms with Gasteiger partial charge in [-0.25, -0.2) is 5.84 Å². The molecule has 0 aliphatic rings. The number of nitrogens with one attached hydrogen (secondary N) is 1. The highest BCUT2D eigenvalue weighted by atomic mass is 15.3. The Bertz CT molecular complexity index is 149. The Balaban J connectivity index is 4.24. The summed E-state index contributed by atoms with van der Waals surface area (Å²) in [7, 11) is 0. The Morgan fingerprint density at radius 1 is 1.14 bits per heavy atom. The first kappa shape index (κ1) is 13.4. The molecule has 0 saturated carbocycles. The maximum atomic E-state index is 5.49. The fourth-order valence-corrected chi connectivity index (χ4v) is 1.64. The van der Waals surface area contributed by atoms with Crippen LogP contribution < -0.4 is 11.3 Å². The highest BCUT2D eigenvalue weighted by Crippen LogP contribution is 2.14. The molecular formula is C11H25N3. The molecule has 14 heavy (non-hydrogen) atoms. The van der Waals surface area contributed by atoms with Crippen molar-refractivity contribution in [1.29, 1.82) is 0 Å². The lowest BCUT2D eigenvalue weighted by molar-refractivity contribution is 0.542. The minimum Gasteiger partial charge on any atom is -0.312 e. The first-order valence-corrected chi connectivity index (χ1v) is 5.81. The summed E-state index contributed by atoms with van der Waals surface area (Å²) in [6.45, 7) is 7.42. The van der Waals surface area contributed by atoms with Crippen LogP contribution in [0.15, 0.2) is 4.99 Å². The number of hydrogen-bond acceptors (Lipinski definition) is 2. The van der Waals surface area contributed by atoms with Crippen molar-refractivity contribution in [2.24, 2.45) is 16.8 Å². The summed E-state index contributed by atoms with van der Waals surface area (Å²) < 4.78 is 0. The lowest BCUT2D eigenvalue weighted by Gasteiger charge is -2.17. The summed E-state index contributed by atoms with van der Waals surface area (Å²) >= 11 is 0. The van der Waals surface area contributed by atoms with Crippen LogP contribution in [0.25, 0.3) is 0 Å². The Morgan fingerprint density at radius 3 is 2.07 bits per heavy atom. The lowest BCUT2D eigenvalue weighted by atomic mass is 9.97. The van der Waals surface area contributed by atoms with Crippen molar-refractivity contribution in [2.45, 2.75) is 52.9 Å². The van der Waals surface area contributed by atoms with E-state index in [0.717, 1.165) is 18.8 Å². The molecule has 0 aromatic heterocycles. The van der Waals surface area contributed by atoms with E-state index in [0.29, 0.717) is 5.92 Å². The van der Waals surface area contributed by atoms with Gasteiger partial charge in [0.15, 0.2) is 0 Å². The molecule has 3 N–H and O–H groups in total. The van der Waals surface area contributed by atoms with E-state index in [2.05, 4.69) is 31.2 Å². The average molecular weight is 199 g/mol. The Morgan fingerprint density at radius 2 is 1.71 bits per heavy atom. The van der Waals surface area contributed by atoms with Gasteiger partial charge < -0.3 is 5.43 Å². The summed E-state index contributed by atoms with van der Waals surface area (Å²) in [5, 5.41) is 0. The van der Waals surface area contributed by atoms with Gasteiger partial charge >= 0.3 is 0 Å². The van der Waals surface area contributed by atoms with E-state index >= 15 is 0 Å². The van der Waals surface area contributed by atoms with Gasteiger partial charge in [-0.05, 0) is 19.3 Å². The molecule has 0 spiro atoms. The van der Waals surface area contributed by atoms with Crippen LogP contribution in [0.4, 0.5) is 0 Å². The van der Waals surface area contributed by atoms with Gasteiger partial charge in [-0.2, -0.15) is 0 Å². The van der Waals surface area contributed by atoms with Crippen LogP contribution in [0.1, 0.15) is 52.9 Å². The third-order valence-electron chi connectivity index (χ3n) is 2.31. The summed E-state index contributed by atoms with van der Waals surface area (Å²) in [6.07, 6.45) is 5.83. The van der Waals surface area contributed by atoms with E-state index < -0.39 is 0 Å². The van der Waals surface area contributed by atoms with Gasteiger partial charge in [0.25, 0.3) is 0 Å². The Kier molecular flexibility index (Phi) is 8.64. The monoisotopic (exact) mass is 199 g/mol. The summed E-state index contributed by atoms with van der Waals surface area (Å²) in [4.78, 5) is 4.48. The molecule has 0 saturated heterocycles. The van der Waals surface area contributed by atoms with Crippen molar-refractivity contribution in [3.8, 4) is 0 Å². The molecule has 3 nitrogen and oxygen atoms in total. The van der Waals surface area contributed by atoms with Crippen molar-refractivity contribution < 1.29 is 0 Å². The zero-order valence-corrected chi connectivity index (χ0v) is 9.84. The highest BCUT2D eigenvalue weighted by Gasteiger charge is 2.12. The zero-order chi connectivity index (χ0) is 10.8. The molecular weight excluding hydrogens is 174 g/mol. The molecule has 0 unspecified atom stereocenters. The van der Waals surface area contributed by atoms with Crippen molar-refractivity contribution >= 4 is 5.84 Å². The van der Waals surface area contributed by atoms with E-state index in [4.69, 9.17) is 5.84 Å². The first-order valence-electron chi connectivity index (χ1n) is 5.81. The molecule has 0 rings (SSSR count). The quantitative estimate of drug-likeness (QED) is 0.286. The van der Waals surface area contributed by atoms with Crippen molar-refractivity contribution in [3.63, 3.8) is 0 Å². The normalized spacial score (nSPS) is 12.2. The Hall–Kier alpha value is -0.570. The molecule has 0 heterocycles. The minimum atomic E-state index is 0.529. The number of amidine groups is 1. The van der Waals surface area contributed by atoms with Gasteiger partial charge in [-0.3, -0.25) is 4.99 Å². The third-order valence-corrected chi connectivity index (χ3v) is 2.31. The molecule has 0 aromatic carbocycles. The number of hydrazine groups is 1. The molecule has 3 heteroatoms. The van der Waals surface area contributed by atoms with Crippen molar-refractivity contribution in [2.75, 3.05) is 6.54 Å². The van der Waals surface area contributed by atoms with Crippen LogP contribution in [0.5, 0.6) is 0 Å². The number of rotatable bonds is 7. The van der Waals surface area contributed by atoms with Crippen LogP contribution in [-0.2, 0) is 0 Å². The third kappa shape index (κ3) is 5.22. The van der Waals surface area contributed by atoms with E-state index in [1.54, 1.807) is 0 Å². The first-order chi connectivity index (χ1) is 6.79. The topological polar surface area (TPSA) is 50.4 Å². The number of nitrogens with two attached hydrogens (primary N) is 1. The van der Waals surface area contributed by atoms with Gasteiger partial charge in [0.2, 0.25) is 0 Å². The number of hydrogen-bond donors (Lipinski definition) is 2. The van der Waals surface area contributed by atoms with Gasteiger partial charge in [0.1, 0.15) is 5.84 Å². The summed E-state index contributed by atoms with van der Waals surface area (Å²) in [6, 6.07) is 0. The van der Waals surface area contributed by atoms with Crippen LogP contribution >= 0.6 is 0 Å². The van der Waals surface area contributed by atoms with Crippen LogP contribution in [0, 0.1) is 5.92 Å². The lowest BCUT2D eigenvalue weighted by Crippen LogP contribution is -2.36. The average Bonchev–Trinajstić information content (AvgIpc) is 2.19. The standard InChI is InChI=1S/C11H25N3/c1-4-7-10(8-5-2)11(14-12)13-9-6-3/h10H,4-9,12H2,1-3H3,(H,13,14). The fourth-order valence-electron chi connectivity index (χ4n) is 1.64. The SMILES string of the molecule is CCCN=C(NN)C(CCC)CCC. The highest BCUT2D eigenvalue weighted by molar-refractivity contribution is 5.84. The second-order valence-electron chi connectivity index (χ2n) is 3.69. The van der Waals surface area contributed by atoms with E-state index in [9.17, 15) is 0 Å². The molecule has 0 radical (unpaired) electrons. The maximum absolute atomic E-state index is 5.49. The molecule has 0 amide bonds. The molecule has 0 aliphatic carbocycles. The van der Waals surface area contributed by atoms with Gasteiger partial charge in [-0.15, -0.1) is 0 Å². The molecule has 0 bridgehead atoms. The number of nitrogens with zero attached hydrogens (tertiary/aromatic N) is 1. The van der Waals surface area contributed by atoms with E-state index in [-0.39, 0.29) is 0 Å². The summed E-state index contributed by atoms with van der Waals surface area (Å²) in [5.74, 6) is 7.02. The second kappa shape index (κ2) is 9.00. The van der Waals surface area contributed by atoms with Crippen LogP contribution in [0.3, 0.4) is 0 Å². The Labute approximate surface area is 88.1 Å². The summed E-state index contributed by atoms with van der Waals surface area (Å²) in [5.41, 5.74) is 2.76. The van der Waals surface area contributed by atoms with Gasteiger partial charge in [-0.1, -0.05) is 33.6 Å². The largest absolute Gasteiger partial charge is 0.312 e. The van der Waals surface area contributed by atoms with E-state index in [1.807, 2.05) is 0 Å². The van der Waals surface area contributed by atoms with Gasteiger partial charge in [0.05, 0.1) is 0 Å². The maximum Gasteiger partial charge on any atom is 0.113 e. The molecule has 0 fully saturated rings. The van der Waals surface area contributed by atoms with E-state index in [1.165, 1.54) is 25.7 Å². The fraction of sp³-hybridized carbons (Fsp3) is 0.909. The molecule has 84 valence electrons. The predicted octanol–water partition coefficient (Wildman–Crippen LogP) is 2.47. The van der Waals surface area contributed by atoms with Crippen LogP contribution in [0.2, 0.25) is 0 Å². The molecule has 0 aliphatic heterocycles. The zero-order valence-electron chi connectivity index (χ0n) is 9.84. The molecule has 0 atom stereocenters. The number of aliphatic imine (C=N–C) groups is 1. The second-order valence-corrected chi connectivity index (χ2v) is 3.69. The van der Waals surface area contributed by atoms with Crippen molar-refractivity contribution in [3.05, 3.63) is 0 Å². The predicted molar refractivity (Wildman–Crippen MR) is 63.2 cm³/mol. The smallest absolute Gasteiger partial charge is 0.113 e. The minimum absolute atomic E-state index is 0.529. The van der Waals surface area contributed by atoms with Crippen LogP contribution in [-0.4, -0.2) is 12.4 Å². The molecule has 0 aromatic rings.